The number of thiophene rings is 1. The predicted octanol–water partition coefficient (Wildman–Crippen LogP) is 5.35. The van der Waals surface area contributed by atoms with E-state index in [0.29, 0.717) is 28.1 Å². The Kier molecular flexibility index (Phi) is 5.32. The molecule has 2 aromatic carbocycles. The van der Waals surface area contributed by atoms with Crippen LogP contribution in [0.4, 0.5) is 5.13 Å². The Morgan fingerprint density at radius 1 is 1.03 bits per heavy atom. The Balaban J connectivity index is 1.21. The van der Waals surface area contributed by atoms with Gasteiger partial charge in [0.15, 0.2) is 5.13 Å². The lowest BCUT2D eigenvalue weighted by atomic mass is 9.94. The number of hydrogen-bond donors (Lipinski definition) is 1. The molecule has 0 saturated heterocycles. The number of anilines is 1. The number of thiazole rings is 1. The quantitative estimate of drug-likeness (QED) is 0.393. The number of aromatic nitrogens is 1. The third-order valence-corrected chi connectivity index (χ3v) is 7.17. The molecule has 0 unspecified atom stereocenters. The number of amides is 3. The molecule has 3 heterocycles. The van der Waals surface area contributed by atoms with Crippen molar-refractivity contribution in [2.24, 2.45) is 0 Å². The molecule has 32 heavy (non-hydrogen) atoms. The average molecular weight is 462 g/mol. The van der Waals surface area contributed by atoms with Gasteiger partial charge in [0.05, 0.1) is 10.6 Å². The van der Waals surface area contributed by atoms with E-state index in [1.165, 1.54) is 21.1 Å². The Morgan fingerprint density at radius 3 is 2.41 bits per heavy atom. The van der Waals surface area contributed by atoms with E-state index in [9.17, 15) is 14.4 Å². The second kappa shape index (κ2) is 8.29. The summed E-state index contributed by atoms with van der Waals surface area (Å²) in [6.45, 7) is 2.23. The summed E-state index contributed by atoms with van der Waals surface area (Å²) in [7, 11) is 0. The van der Waals surface area contributed by atoms with Gasteiger partial charge in [-0.15, -0.1) is 22.7 Å². The summed E-state index contributed by atoms with van der Waals surface area (Å²) < 4.78 is 0. The number of carbonyl (C=O) groups is 3. The molecule has 3 amide bonds. The second-order valence-corrected chi connectivity index (χ2v) is 9.72. The Bertz CT molecular complexity index is 1320. The van der Waals surface area contributed by atoms with Gasteiger partial charge >= 0.3 is 0 Å². The van der Waals surface area contributed by atoms with Crippen LogP contribution in [0.1, 0.15) is 38.4 Å². The summed E-state index contributed by atoms with van der Waals surface area (Å²) in [5.41, 5.74) is 1.91. The van der Waals surface area contributed by atoms with Gasteiger partial charge in [-0.3, -0.25) is 19.3 Å². The van der Waals surface area contributed by atoms with Crippen LogP contribution in [-0.2, 0) is 4.79 Å². The lowest BCUT2D eigenvalue weighted by Gasteiger charge is -2.27. The van der Waals surface area contributed by atoms with Crippen LogP contribution < -0.4 is 5.32 Å². The number of hydrogen-bond acceptors (Lipinski definition) is 6. The van der Waals surface area contributed by atoms with E-state index in [1.807, 2.05) is 48.7 Å². The largest absolute Gasteiger partial charge is 0.302 e. The molecule has 0 radical (unpaired) electrons. The van der Waals surface area contributed by atoms with E-state index in [0.717, 1.165) is 16.0 Å². The minimum Gasteiger partial charge on any atom is -0.302 e. The molecule has 2 aromatic heterocycles. The van der Waals surface area contributed by atoms with Crippen molar-refractivity contribution in [2.75, 3.05) is 11.9 Å². The van der Waals surface area contributed by atoms with Crippen LogP contribution in [0.15, 0.2) is 53.9 Å². The highest BCUT2D eigenvalue weighted by Gasteiger charge is 2.32. The number of benzene rings is 2. The smallest absolute Gasteiger partial charge is 0.261 e. The summed E-state index contributed by atoms with van der Waals surface area (Å²) in [6, 6.07) is 15.0. The molecule has 1 aliphatic heterocycles. The maximum absolute atomic E-state index is 12.9. The molecule has 1 aliphatic rings. The van der Waals surface area contributed by atoms with Crippen molar-refractivity contribution in [3.63, 3.8) is 0 Å². The standard InChI is InChI=1S/C24H19N3O3S2/c1-14-10-11-19(32-14)18-13-31-24(25-18)26-20(28)9-4-12-27-22(29)16-7-2-5-15-6-3-8-17(21(15)16)23(27)30/h2-3,5-8,10-11,13H,4,9,12H2,1H3,(H,25,26,28). The highest BCUT2D eigenvalue weighted by molar-refractivity contribution is 7.17. The van der Waals surface area contributed by atoms with Crippen molar-refractivity contribution in [1.82, 2.24) is 9.88 Å². The molecular weight excluding hydrogens is 442 g/mol. The summed E-state index contributed by atoms with van der Waals surface area (Å²) in [4.78, 5) is 46.2. The van der Waals surface area contributed by atoms with Crippen molar-refractivity contribution >= 4 is 56.3 Å². The van der Waals surface area contributed by atoms with E-state index in [2.05, 4.69) is 10.3 Å². The van der Waals surface area contributed by atoms with Crippen LogP contribution >= 0.6 is 22.7 Å². The topological polar surface area (TPSA) is 79.4 Å². The predicted molar refractivity (Wildman–Crippen MR) is 127 cm³/mol. The van der Waals surface area contributed by atoms with E-state index in [1.54, 1.807) is 23.5 Å². The van der Waals surface area contributed by atoms with Crippen LogP contribution in [0.3, 0.4) is 0 Å². The maximum Gasteiger partial charge on any atom is 0.261 e. The molecule has 160 valence electrons. The van der Waals surface area contributed by atoms with Gasteiger partial charge in [-0.1, -0.05) is 24.3 Å². The first kappa shape index (κ1) is 20.5. The molecule has 5 rings (SSSR count). The first-order valence-corrected chi connectivity index (χ1v) is 11.9. The Labute approximate surface area is 192 Å². The van der Waals surface area contributed by atoms with Gasteiger partial charge in [-0.2, -0.15) is 0 Å². The van der Waals surface area contributed by atoms with Crippen molar-refractivity contribution in [2.45, 2.75) is 19.8 Å². The normalized spacial score (nSPS) is 13.1. The average Bonchev–Trinajstić information content (AvgIpc) is 3.43. The molecule has 1 N–H and O–H groups in total. The minimum absolute atomic E-state index is 0.187. The van der Waals surface area contributed by atoms with E-state index in [-0.39, 0.29) is 30.7 Å². The lowest BCUT2D eigenvalue weighted by molar-refractivity contribution is -0.116. The summed E-state index contributed by atoms with van der Waals surface area (Å²) in [5, 5.41) is 6.86. The van der Waals surface area contributed by atoms with E-state index >= 15 is 0 Å². The fourth-order valence-corrected chi connectivity index (χ4v) is 5.51. The van der Waals surface area contributed by atoms with Crippen molar-refractivity contribution < 1.29 is 14.4 Å². The monoisotopic (exact) mass is 461 g/mol. The van der Waals surface area contributed by atoms with Gasteiger partial charge < -0.3 is 5.32 Å². The zero-order valence-electron chi connectivity index (χ0n) is 17.3. The molecule has 4 aromatic rings. The summed E-state index contributed by atoms with van der Waals surface area (Å²) in [6.07, 6.45) is 0.569. The number of aryl methyl sites for hydroxylation is 1. The van der Waals surface area contributed by atoms with Crippen molar-refractivity contribution in [1.29, 1.82) is 0 Å². The molecule has 0 aliphatic carbocycles. The molecular formula is C24H19N3O3S2. The second-order valence-electron chi connectivity index (χ2n) is 7.57. The Morgan fingerprint density at radius 2 is 1.75 bits per heavy atom. The van der Waals surface area contributed by atoms with Gasteiger partial charge in [0.2, 0.25) is 5.91 Å². The van der Waals surface area contributed by atoms with Gasteiger partial charge in [-0.25, -0.2) is 4.98 Å². The fourth-order valence-electron chi connectivity index (χ4n) is 3.88. The SMILES string of the molecule is Cc1ccc(-c2csc(NC(=O)CCCN3C(=O)c4cccc5cccc(c45)C3=O)n2)s1. The maximum atomic E-state index is 12.9. The molecule has 6 nitrogen and oxygen atoms in total. The molecule has 0 fully saturated rings. The lowest BCUT2D eigenvalue weighted by Crippen LogP contribution is -2.41. The molecule has 0 bridgehead atoms. The van der Waals surface area contributed by atoms with Crippen molar-refractivity contribution in [3.05, 3.63) is 69.9 Å². The Hall–Kier alpha value is -3.36. The zero-order chi connectivity index (χ0) is 22.2. The number of nitrogens with one attached hydrogen (secondary N) is 1. The van der Waals surface area contributed by atoms with E-state index in [4.69, 9.17) is 0 Å². The van der Waals surface area contributed by atoms with Gasteiger partial charge in [0, 0.05) is 39.7 Å². The third kappa shape index (κ3) is 3.72. The zero-order valence-corrected chi connectivity index (χ0v) is 18.9. The van der Waals surface area contributed by atoms with E-state index < -0.39 is 0 Å². The number of rotatable bonds is 6. The van der Waals surface area contributed by atoms with Crippen molar-refractivity contribution in [3.8, 4) is 10.6 Å². The fraction of sp³-hybridized carbons (Fsp3) is 0.167. The summed E-state index contributed by atoms with van der Waals surface area (Å²) >= 11 is 3.04. The van der Waals surface area contributed by atoms with Crippen LogP contribution in [-0.4, -0.2) is 34.2 Å². The molecule has 0 atom stereocenters. The van der Waals surface area contributed by atoms with Crippen LogP contribution in [0.2, 0.25) is 0 Å². The van der Waals surface area contributed by atoms with Gasteiger partial charge in [0.1, 0.15) is 0 Å². The highest BCUT2D eigenvalue weighted by atomic mass is 32.1. The van der Waals surface area contributed by atoms with Crippen LogP contribution in [0.25, 0.3) is 21.3 Å². The van der Waals surface area contributed by atoms with Gasteiger partial charge in [-0.05, 0) is 43.0 Å². The first-order valence-electron chi connectivity index (χ1n) is 10.2. The molecule has 0 spiro atoms. The number of nitrogens with zero attached hydrogens (tertiary/aromatic N) is 2. The first-order chi connectivity index (χ1) is 15.5. The van der Waals surface area contributed by atoms with Crippen LogP contribution in [0, 0.1) is 6.92 Å². The molecule has 8 heteroatoms. The van der Waals surface area contributed by atoms with Gasteiger partial charge in [0.25, 0.3) is 11.8 Å². The summed E-state index contributed by atoms with van der Waals surface area (Å²) in [5.74, 6) is -0.807. The van der Waals surface area contributed by atoms with Crippen LogP contribution in [0.5, 0.6) is 0 Å². The minimum atomic E-state index is -0.310. The number of imide groups is 1. The third-order valence-electron chi connectivity index (χ3n) is 5.38. The number of carbonyl (C=O) groups excluding carboxylic acids is 3. The highest BCUT2D eigenvalue weighted by Crippen LogP contribution is 2.31. The molecule has 0 saturated carbocycles.